The summed E-state index contributed by atoms with van der Waals surface area (Å²) in [6.45, 7) is 0. The Kier molecular flexibility index (Phi) is 5.59. The van der Waals surface area contributed by atoms with Gasteiger partial charge in [-0.25, -0.2) is 0 Å². The van der Waals surface area contributed by atoms with Crippen molar-refractivity contribution in [3.05, 3.63) is 77.3 Å². The van der Waals surface area contributed by atoms with E-state index < -0.39 is 0 Å². The molecule has 160 valence electrons. The first-order valence-corrected chi connectivity index (χ1v) is 11.5. The quantitative estimate of drug-likeness (QED) is 0.493. The number of benzene rings is 1. The average molecular weight is 453 g/mol. The highest BCUT2D eigenvalue weighted by atomic mass is 35.5. The van der Waals surface area contributed by atoms with Crippen LogP contribution in [0.15, 0.2) is 60.9 Å². The van der Waals surface area contributed by atoms with Gasteiger partial charge in [0.25, 0.3) is 0 Å². The van der Waals surface area contributed by atoms with Gasteiger partial charge in [-0.3, -0.25) is 4.98 Å². The number of pyridine rings is 1. The highest BCUT2D eigenvalue weighted by molar-refractivity contribution is 7.80. The first-order valence-electron chi connectivity index (χ1n) is 10.7. The zero-order chi connectivity index (χ0) is 21.4. The third kappa shape index (κ3) is 3.68. The second-order valence-corrected chi connectivity index (χ2v) is 8.89. The smallest absolute Gasteiger partial charge is 0.174 e. The zero-order valence-corrected chi connectivity index (χ0v) is 18.9. The van der Waals surface area contributed by atoms with Crippen LogP contribution in [0.4, 0.5) is 5.69 Å². The molecule has 1 saturated heterocycles. The molecule has 1 N–H and O–H groups in total. The van der Waals surface area contributed by atoms with Crippen molar-refractivity contribution in [1.82, 2.24) is 14.9 Å². The second-order valence-electron chi connectivity index (χ2n) is 8.09. The van der Waals surface area contributed by atoms with E-state index in [0.717, 1.165) is 11.4 Å². The van der Waals surface area contributed by atoms with E-state index >= 15 is 0 Å². The number of halogens is 1. The molecule has 3 aromatic rings. The molecular weight excluding hydrogens is 428 g/mol. The molecule has 2 aliphatic rings. The highest BCUT2D eigenvalue weighted by Gasteiger charge is 2.42. The molecule has 0 spiro atoms. The average Bonchev–Trinajstić information content (AvgIpc) is 3.53. The first kappa shape index (κ1) is 20.3. The monoisotopic (exact) mass is 452 g/mol. The molecule has 2 unspecified atom stereocenters. The summed E-state index contributed by atoms with van der Waals surface area (Å²) in [4.78, 5) is 6.82. The molecule has 7 heteroatoms. The molecule has 0 radical (unpaired) electrons. The highest BCUT2D eigenvalue weighted by Crippen LogP contribution is 2.44. The number of rotatable bonds is 5. The first-order chi connectivity index (χ1) is 15.2. The van der Waals surface area contributed by atoms with Crippen LogP contribution in [0.25, 0.3) is 0 Å². The normalized spacial score (nSPS) is 21.5. The van der Waals surface area contributed by atoms with Crippen LogP contribution in [-0.2, 0) is 0 Å². The summed E-state index contributed by atoms with van der Waals surface area (Å²) in [6.07, 6.45) is 9.04. The molecule has 1 aromatic carbocycles. The van der Waals surface area contributed by atoms with Crippen molar-refractivity contribution in [3.63, 3.8) is 0 Å². The molecule has 0 amide bonds. The van der Waals surface area contributed by atoms with Gasteiger partial charge in [-0.1, -0.05) is 30.5 Å². The summed E-state index contributed by atoms with van der Waals surface area (Å²) < 4.78 is 7.80. The topological polar surface area (TPSA) is 42.3 Å². The van der Waals surface area contributed by atoms with Gasteiger partial charge >= 0.3 is 0 Å². The molecule has 2 atom stereocenters. The summed E-state index contributed by atoms with van der Waals surface area (Å²) in [5.41, 5.74) is 3.14. The molecule has 31 heavy (non-hydrogen) atoms. The summed E-state index contributed by atoms with van der Waals surface area (Å²) >= 11 is 12.3. The number of hydrogen-bond donors (Lipinski definition) is 1. The molecule has 5 rings (SSSR count). The molecule has 0 bridgehead atoms. The van der Waals surface area contributed by atoms with E-state index in [1.165, 1.54) is 31.4 Å². The Morgan fingerprint density at radius 1 is 1.13 bits per heavy atom. The maximum absolute atomic E-state index is 6.48. The van der Waals surface area contributed by atoms with Gasteiger partial charge in [0.2, 0.25) is 0 Å². The van der Waals surface area contributed by atoms with Crippen molar-refractivity contribution >= 4 is 34.6 Å². The number of thiocarbonyl (C=S) groups is 1. The van der Waals surface area contributed by atoms with Gasteiger partial charge in [0.1, 0.15) is 11.8 Å². The maximum Gasteiger partial charge on any atom is 0.174 e. The number of nitrogens with one attached hydrogen (secondary N) is 1. The van der Waals surface area contributed by atoms with E-state index in [-0.39, 0.29) is 12.1 Å². The SMILES string of the molecule is COc1ccc(N2C(=S)NC(c3ccccn3)C2c2cccn2C2CCCC2)cc1Cl. The van der Waals surface area contributed by atoms with Gasteiger partial charge in [-0.2, -0.15) is 0 Å². The molecule has 1 aliphatic carbocycles. The van der Waals surface area contributed by atoms with E-state index in [1.807, 2.05) is 36.5 Å². The Balaban J connectivity index is 1.62. The Morgan fingerprint density at radius 3 is 2.68 bits per heavy atom. The summed E-state index contributed by atoms with van der Waals surface area (Å²) in [5.74, 6) is 0.649. The maximum atomic E-state index is 6.48. The van der Waals surface area contributed by atoms with Crippen molar-refractivity contribution in [3.8, 4) is 5.75 Å². The molecule has 2 aromatic heterocycles. The van der Waals surface area contributed by atoms with E-state index in [4.69, 9.17) is 28.6 Å². The Bertz CT molecular complexity index is 1080. The fourth-order valence-corrected chi connectivity index (χ4v) is 5.51. The van der Waals surface area contributed by atoms with Crippen LogP contribution in [0.2, 0.25) is 5.02 Å². The van der Waals surface area contributed by atoms with Gasteiger partial charge in [0, 0.05) is 29.8 Å². The molecule has 1 saturated carbocycles. The lowest BCUT2D eigenvalue weighted by molar-refractivity contribution is 0.415. The number of methoxy groups -OCH3 is 1. The van der Waals surface area contributed by atoms with Crippen LogP contribution in [0, 0.1) is 0 Å². The third-order valence-electron chi connectivity index (χ3n) is 6.34. The van der Waals surface area contributed by atoms with Crippen molar-refractivity contribution in [2.24, 2.45) is 0 Å². The summed E-state index contributed by atoms with van der Waals surface area (Å²) in [7, 11) is 1.62. The number of hydrogen-bond acceptors (Lipinski definition) is 3. The summed E-state index contributed by atoms with van der Waals surface area (Å²) in [5, 5.41) is 4.76. The predicted molar refractivity (Wildman–Crippen MR) is 128 cm³/mol. The molecule has 2 fully saturated rings. The number of ether oxygens (including phenoxy) is 1. The van der Waals surface area contributed by atoms with Crippen molar-refractivity contribution in [1.29, 1.82) is 0 Å². The standard InChI is InChI=1S/C24H25ClN4OS/c1-30-21-12-11-17(15-18(21)25)29-23(20-10-6-14-28(20)16-7-2-3-8-16)22(27-24(29)31)19-9-4-5-13-26-19/h4-6,9-16,22-23H,2-3,7-8H2,1H3,(H,27,31). The largest absolute Gasteiger partial charge is 0.495 e. The number of nitrogens with zero attached hydrogens (tertiary/aromatic N) is 3. The van der Waals surface area contributed by atoms with Crippen LogP contribution < -0.4 is 15.0 Å². The Morgan fingerprint density at radius 2 is 1.97 bits per heavy atom. The van der Waals surface area contributed by atoms with Crippen molar-refractivity contribution in [2.75, 3.05) is 12.0 Å². The molecular formula is C24H25ClN4OS. The van der Waals surface area contributed by atoms with Crippen molar-refractivity contribution < 1.29 is 4.74 Å². The van der Waals surface area contributed by atoms with Crippen LogP contribution in [0.5, 0.6) is 5.75 Å². The minimum absolute atomic E-state index is 0.0394. The van der Waals surface area contributed by atoms with Crippen LogP contribution >= 0.6 is 23.8 Å². The fraction of sp³-hybridized carbons (Fsp3) is 0.333. The van der Waals surface area contributed by atoms with Crippen LogP contribution in [-0.4, -0.2) is 21.8 Å². The van der Waals surface area contributed by atoms with Crippen LogP contribution in [0.3, 0.4) is 0 Å². The minimum Gasteiger partial charge on any atom is -0.495 e. The molecule has 1 aliphatic heterocycles. The fourth-order valence-electron chi connectivity index (χ4n) is 4.91. The van der Waals surface area contributed by atoms with Gasteiger partial charge in [0.15, 0.2) is 5.11 Å². The lowest BCUT2D eigenvalue weighted by Gasteiger charge is -2.30. The van der Waals surface area contributed by atoms with Gasteiger partial charge in [0.05, 0.1) is 23.9 Å². The third-order valence-corrected chi connectivity index (χ3v) is 6.95. The minimum atomic E-state index is -0.0652. The van der Waals surface area contributed by atoms with E-state index in [0.29, 0.717) is 21.9 Å². The lowest BCUT2D eigenvalue weighted by atomic mass is 10.00. The molecule has 3 heterocycles. The Labute approximate surface area is 193 Å². The van der Waals surface area contributed by atoms with E-state index in [9.17, 15) is 0 Å². The van der Waals surface area contributed by atoms with E-state index in [2.05, 4.69) is 44.2 Å². The summed E-state index contributed by atoms with van der Waals surface area (Å²) in [6, 6.07) is 16.6. The Hall–Kier alpha value is -2.57. The van der Waals surface area contributed by atoms with Gasteiger partial charge < -0.3 is 19.5 Å². The second kappa shape index (κ2) is 8.52. The van der Waals surface area contributed by atoms with Crippen LogP contribution in [0.1, 0.15) is 55.2 Å². The lowest BCUT2D eigenvalue weighted by Crippen LogP contribution is -2.30. The zero-order valence-electron chi connectivity index (χ0n) is 17.4. The van der Waals surface area contributed by atoms with E-state index in [1.54, 1.807) is 7.11 Å². The van der Waals surface area contributed by atoms with Crippen molar-refractivity contribution in [2.45, 2.75) is 43.8 Å². The predicted octanol–water partition coefficient (Wildman–Crippen LogP) is 5.84. The van der Waals surface area contributed by atoms with Gasteiger partial charge in [-0.15, -0.1) is 0 Å². The number of anilines is 1. The molecule has 5 nitrogen and oxygen atoms in total. The number of aromatic nitrogens is 2. The van der Waals surface area contributed by atoms with Gasteiger partial charge in [-0.05, 0) is 67.5 Å².